The van der Waals surface area contributed by atoms with Crippen molar-refractivity contribution in [3.05, 3.63) is 158 Å². The summed E-state index contributed by atoms with van der Waals surface area (Å²) in [6.45, 7) is 8.41. The fourth-order valence-corrected chi connectivity index (χ4v) is 6.19. The number of rotatable bonds is 3. The number of aromatic nitrogens is 1. The quantitative estimate of drug-likeness (QED) is 0.234. The number of para-hydroxylation sites is 3. The molecule has 2 heterocycles. The van der Waals surface area contributed by atoms with Crippen molar-refractivity contribution in [3.63, 3.8) is 0 Å². The number of hydrogen-bond acceptors (Lipinski definition) is 2. The summed E-state index contributed by atoms with van der Waals surface area (Å²) in [6.07, 6.45) is 3.99. The van der Waals surface area contributed by atoms with Gasteiger partial charge in [0.05, 0.1) is 22.4 Å². The molecular formula is C40H33N3. The largest absolute Gasteiger partial charge is 0.360 e. The Morgan fingerprint density at radius 1 is 0.581 bits per heavy atom. The summed E-state index contributed by atoms with van der Waals surface area (Å²) in [7, 11) is 0. The average molecular weight is 556 g/mol. The SMILES string of the molecule is C=C1C=CNc2cccc(-c3ccc4c(c3)c3ccccc3n4-c3ccc4ccccc4c3)c2N1c1ccccc1.CC. The minimum atomic E-state index is 0.906. The normalized spacial score (nSPS) is 12.5. The molecular weight excluding hydrogens is 522 g/mol. The Hall–Kier alpha value is -5.54. The highest BCUT2D eigenvalue weighted by Crippen LogP contribution is 2.45. The number of hydrogen-bond donors (Lipinski definition) is 1. The van der Waals surface area contributed by atoms with Crippen LogP contribution in [0.1, 0.15) is 13.8 Å². The van der Waals surface area contributed by atoms with Gasteiger partial charge in [-0.1, -0.05) is 105 Å². The van der Waals surface area contributed by atoms with E-state index < -0.39 is 0 Å². The van der Waals surface area contributed by atoms with Crippen LogP contribution < -0.4 is 10.2 Å². The summed E-state index contributed by atoms with van der Waals surface area (Å²) in [5.74, 6) is 0. The van der Waals surface area contributed by atoms with Gasteiger partial charge in [-0.25, -0.2) is 0 Å². The van der Waals surface area contributed by atoms with Gasteiger partial charge in [0.2, 0.25) is 0 Å². The molecule has 43 heavy (non-hydrogen) atoms. The van der Waals surface area contributed by atoms with Gasteiger partial charge < -0.3 is 14.8 Å². The predicted molar refractivity (Wildman–Crippen MR) is 186 cm³/mol. The molecule has 6 aromatic carbocycles. The van der Waals surface area contributed by atoms with Crippen molar-refractivity contribution in [2.75, 3.05) is 10.2 Å². The Kier molecular flexibility index (Phi) is 6.76. The van der Waals surface area contributed by atoms with E-state index in [2.05, 4.69) is 149 Å². The lowest BCUT2D eigenvalue weighted by Gasteiger charge is -2.28. The molecule has 0 spiro atoms. The minimum absolute atomic E-state index is 0.906. The van der Waals surface area contributed by atoms with Crippen LogP contribution in [0.3, 0.4) is 0 Å². The molecule has 0 bridgehead atoms. The van der Waals surface area contributed by atoms with Crippen molar-refractivity contribution in [1.29, 1.82) is 0 Å². The van der Waals surface area contributed by atoms with Crippen molar-refractivity contribution in [2.45, 2.75) is 13.8 Å². The summed E-state index contributed by atoms with van der Waals surface area (Å²) in [5.41, 5.74) is 9.98. The first-order valence-electron chi connectivity index (χ1n) is 14.9. The Morgan fingerprint density at radius 2 is 1.33 bits per heavy atom. The maximum absolute atomic E-state index is 4.41. The second-order valence-electron chi connectivity index (χ2n) is 10.5. The summed E-state index contributed by atoms with van der Waals surface area (Å²) >= 11 is 0. The van der Waals surface area contributed by atoms with Crippen LogP contribution in [0, 0.1) is 0 Å². The van der Waals surface area contributed by atoms with E-state index in [0.717, 1.165) is 39.6 Å². The van der Waals surface area contributed by atoms with Gasteiger partial charge in [0, 0.05) is 39.6 Å². The highest BCUT2D eigenvalue weighted by molar-refractivity contribution is 6.11. The topological polar surface area (TPSA) is 20.2 Å². The van der Waals surface area contributed by atoms with Gasteiger partial charge in [0.15, 0.2) is 0 Å². The van der Waals surface area contributed by atoms with Crippen molar-refractivity contribution >= 4 is 49.6 Å². The molecule has 1 aromatic heterocycles. The Morgan fingerprint density at radius 3 is 2.19 bits per heavy atom. The maximum Gasteiger partial charge on any atom is 0.0775 e. The molecule has 0 fully saturated rings. The Bertz CT molecular complexity index is 2150. The molecule has 0 unspecified atom stereocenters. The summed E-state index contributed by atoms with van der Waals surface area (Å²) in [4.78, 5) is 2.24. The van der Waals surface area contributed by atoms with Crippen LogP contribution in [0.5, 0.6) is 0 Å². The number of fused-ring (bicyclic) bond motifs is 5. The van der Waals surface area contributed by atoms with Crippen LogP contribution in [-0.2, 0) is 0 Å². The van der Waals surface area contributed by atoms with Crippen LogP contribution in [0.15, 0.2) is 158 Å². The maximum atomic E-state index is 4.41. The van der Waals surface area contributed by atoms with Crippen molar-refractivity contribution in [2.24, 2.45) is 0 Å². The highest BCUT2D eigenvalue weighted by atomic mass is 15.2. The molecule has 0 saturated heterocycles. The lowest BCUT2D eigenvalue weighted by atomic mass is 9.98. The van der Waals surface area contributed by atoms with Gasteiger partial charge in [0.1, 0.15) is 0 Å². The molecule has 208 valence electrons. The zero-order valence-electron chi connectivity index (χ0n) is 24.5. The monoisotopic (exact) mass is 555 g/mol. The second kappa shape index (κ2) is 11.0. The van der Waals surface area contributed by atoms with Crippen molar-refractivity contribution in [3.8, 4) is 16.8 Å². The van der Waals surface area contributed by atoms with E-state index in [-0.39, 0.29) is 0 Å². The third-order valence-electron chi connectivity index (χ3n) is 8.05. The third-order valence-corrected chi connectivity index (χ3v) is 8.05. The first-order valence-corrected chi connectivity index (χ1v) is 14.9. The third kappa shape index (κ3) is 4.47. The zero-order chi connectivity index (χ0) is 29.3. The molecule has 0 radical (unpaired) electrons. The molecule has 0 saturated carbocycles. The van der Waals surface area contributed by atoms with E-state index >= 15 is 0 Å². The first kappa shape index (κ1) is 26.4. The van der Waals surface area contributed by atoms with E-state index in [0.29, 0.717) is 0 Å². The van der Waals surface area contributed by atoms with Gasteiger partial charge >= 0.3 is 0 Å². The molecule has 3 nitrogen and oxygen atoms in total. The van der Waals surface area contributed by atoms with Gasteiger partial charge in [-0.2, -0.15) is 0 Å². The van der Waals surface area contributed by atoms with E-state index in [1.807, 2.05) is 32.2 Å². The van der Waals surface area contributed by atoms with E-state index in [1.54, 1.807) is 0 Å². The lowest BCUT2D eigenvalue weighted by Crippen LogP contribution is -2.15. The second-order valence-corrected chi connectivity index (χ2v) is 10.5. The molecule has 0 amide bonds. The predicted octanol–water partition coefficient (Wildman–Crippen LogP) is 11.2. The summed E-state index contributed by atoms with van der Waals surface area (Å²) < 4.78 is 2.38. The van der Waals surface area contributed by atoms with Gasteiger partial charge in [-0.05, 0) is 70.9 Å². The minimum Gasteiger partial charge on any atom is -0.360 e. The number of allylic oxidation sites excluding steroid dienone is 1. The average Bonchev–Trinajstić information content (AvgIpc) is 3.29. The van der Waals surface area contributed by atoms with E-state index in [1.165, 1.54) is 32.6 Å². The van der Waals surface area contributed by atoms with Crippen LogP contribution >= 0.6 is 0 Å². The van der Waals surface area contributed by atoms with E-state index in [9.17, 15) is 0 Å². The molecule has 0 atom stereocenters. The van der Waals surface area contributed by atoms with Gasteiger partial charge in [-0.15, -0.1) is 0 Å². The Balaban J connectivity index is 0.00000147. The molecule has 3 heteroatoms. The van der Waals surface area contributed by atoms with Crippen LogP contribution in [0.4, 0.5) is 17.1 Å². The van der Waals surface area contributed by atoms with E-state index in [4.69, 9.17) is 0 Å². The molecule has 1 aliphatic rings. The number of nitrogens with zero attached hydrogens (tertiary/aromatic N) is 2. The van der Waals surface area contributed by atoms with Gasteiger partial charge in [-0.3, -0.25) is 0 Å². The molecule has 1 aliphatic heterocycles. The smallest absolute Gasteiger partial charge is 0.0775 e. The lowest BCUT2D eigenvalue weighted by molar-refractivity contribution is 1.19. The van der Waals surface area contributed by atoms with Crippen LogP contribution in [0.2, 0.25) is 0 Å². The molecule has 0 aliphatic carbocycles. The number of nitrogens with one attached hydrogen (secondary N) is 1. The molecule has 8 rings (SSSR count). The van der Waals surface area contributed by atoms with Crippen LogP contribution in [-0.4, -0.2) is 4.57 Å². The Labute approximate surface area is 252 Å². The van der Waals surface area contributed by atoms with Crippen LogP contribution in [0.25, 0.3) is 49.4 Å². The molecule has 1 N–H and O–H groups in total. The standard InChI is InChI=1S/C38H27N3.C2H6/c1-26-22-23-39-35-16-9-15-32(38(35)40(26)30-12-3-2-4-13-30)29-19-21-37-34(25-29)33-14-7-8-17-36(33)41(37)31-20-18-27-10-5-6-11-28(27)24-31;1-2/h2-25,39H,1H2;1-2H3. The number of anilines is 3. The van der Waals surface area contributed by atoms with Crippen molar-refractivity contribution < 1.29 is 0 Å². The fourth-order valence-electron chi connectivity index (χ4n) is 6.19. The summed E-state index contributed by atoms with van der Waals surface area (Å²) in [5, 5.41) is 8.44. The highest BCUT2D eigenvalue weighted by Gasteiger charge is 2.22. The number of benzene rings is 6. The zero-order valence-corrected chi connectivity index (χ0v) is 24.5. The van der Waals surface area contributed by atoms with Crippen molar-refractivity contribution in [1.82, 2.24) is 4.57 Å². The summed E-state index contributed by atoms with van der Waals surface area (Å²) in [6, 6.07) is 47.7. The fraction of sp³-hybridized carbons (Fsp3) is 0.0500. The first-order chi connectivity index (χ1) is 21.3. The van der Waals surface area contributed by atoms with Gasteiger partial charge in [0.25, 0.3) is 0 Å². The molecule has 7 aromatic rings.